The Morgan fingerprint density at radius 3 is 2.85 bits per heavy atom. The lowest BCUT2D eigenvalue weighted by atomic mass is 9.46. The Bertz CT molecular complexity index is 785. The number of aromatic nitrogens is 1. The fourth-order valence-electron chi connectivity index (χ4n) is 7.46. The van der Waals surface area contributed by atoms with Gasteiger partial charge in [0.25, 0.3) is 0 Å². The molecule has 3 fully saturated rings. The van der Waals surface area contributed by atoms with Crippen molar-refractivity contribution in [2.75, 3.05) is 11.9 Å². The summed E-state index contributed by atoms with van der Waals surface area (Å²) >= 11 is 1.89. The van der Waals surface area contributed by atoms with Crippen molar-refractivity contribution < 1.29 is 4.79 Å². The summed E-state index contributed by atoms with van der Waals surface area (Å²) in [6.45, 7) is 9.46. The zero-order valence-electron chi connectivity index (χ0n) is 16.7. The van der Waals surface area contributed by atoms with E-state index in [-0.39, 0.29) is 5.41 Å². The highest BCUT2D eigenvalue weighted by atomic mass is 32.1. The number of hydrogen-bond donors (Lipinski definition) is 1. The van der Waals surface area contributed by atoms with Gasteiger partial charge in [0.1, 0.15) is 5.78 Å². The lowest BCUT2D eigenvalue weighted by Crippen LogP contribution is -2.52. The highest BCUT2D eigenvalue weighted by Gasteiger charge is 2.60. The second-order valence-corrected chi connectivity index (χ2v) is 11.0. The second kappa shape index (κ2) is 6.17. The summed E-state index contributed by atoms with van der Waals surface area (Å²) in [5.41, 5.74) is 1.74. The molecule has 27 heavy (non-hydrogen) atoms. The molecule has 0 spiro atoms. The van der Waals surface area contributed by atoms with E-state index in [0.29, 0.717) is 23.0 Å². The molecular weight excluding hydrogens is 352 g/mol. The van der Waals surface area contributed by atoms with Crippen molar-refractivity contribution in [1.82, 2.24) is 4.98 Å². The maximum atomic E-state index is 12.6. The monoisotopic (exact) mass is 384 g/mol. The first-order valence-corrected chi connectivity index (χ1v) is 11.7. The van der Waals surface area contributed by atoms with Crippen molar-refractivity contribution in [3.63, 3.8) is 0 Å². The van der Waals surface area contributed by atoms with Gasteiger partial charge in [-0.15, -0.1) is 17.9 Å². The zero-order chi connectivity index (χ0) is 18.8. The quantitative estimate of drug-likeness (QED) is 0.692. The van der Waals surface area contributed by atoms with Crippen molar-refractivity contribution in [3.8, 4) is 0 Å². The molecule has 4 aliphatic carbocycles. The average molecular weight is 385 g/mol. The van der Waals surface area contributed by atoms with Gasteiger partial charge in [-0.05, 0) is 68.1 Å². The topological polar surface area (TPSA) is 42.0 Å². The molecule has 6 atom stereocenters. The number of hydrogen-bond acceptors (Lipinski definition) is 4. The molecule has 3 saturated carbocycles. The molecule has 0 aliphatic heterocycles. The predicted molar refractivity (Wildman–Crippen MR) is 111 cm³/mol. The Morgan fingerprint density at radius 2 is 2.04 bits per heavy atom. The van der Waals surface area contributed by atoms with Crippen LogP contribution in [0.2, 0.25) is 0 Å². The molecule has 0 amide bonds. The molecule has 1 aromatic rings. The van der Waals surface area contributed by atoms with Crippen LogP contribution in [0, 0.1) is 28.6 Å². The number of rotatable bonds is 3. The summed E-state index contributed by atoms with van der Waals surface area (Å²) < 4.78 is 0. The van der Waals surface area contributed by atoms with Crippen LogP contribution in [-0.4, -0.2) is 17.3 Å². The predicted octanol–water partition coefficient (Wildman–Crippen LogP) is 5.58. The van der Waals surface area contributed by atoms with E-state index in [1.807, 2.05) is 17.4 Å². The largest absolute Gasteiger partial charge is 0.358 e. The van der Waals surface area contributed by atoms with Crippen LogP contribution < -0.4 is 5.32 Å². The first kappa shape index (κ1) is 17.9. The van der Waals surface area contributed by atoms with Crippen molar-refractivity contribution >= 4 is 22.3 Å². The Morgan fingerprint density at radius 1 is 1.19 bits per heavy atom. The fraction of sp³-hybridized carbons (Fsp3) is 0.739. The van der Waals surface area contributed by atoms with Crippen molar-refractivity contribution in [1.29, 1.82) is 0 Å². The van der Waals surface area contributed by atoms with E-state index in [2.05, 4.69) is 25.7 Å². The third-order valence-electron chi connectivity index (χ3n) is 8.92. The zero-order valence-corrected chi connectivity index (χ0v) is 17.5. The van der Waals surface area contributed by atoms with Crippen LogP contribution in [0.1, 0.15) is 75.3 Å². The van der Waals surface area contributed by atoms with E-state index in [9.17, 15) is 4.79 Å². The van der Waals surface area contributed by atoms with Crippen LogP contribution in [-0.2, 0) is 11.2 Å². The molecule has 1 heterocycles. The first-order chi connectivity index (χ1) is 13.0. The molecule has 0 radical (unpaired) electrons. The van der Waals surface area contributed by atoms with E-state index in [0.717, 1.165) is 49.2 Å². The third-order valence-corrected chi connectivity index (χ3v) is 10.1. The molecule has 3 nitrogen and oxygen atoms in total. The van der Waals surface area contributed by atoms with Gasteiger partial charge < -0.3 is 5.32 Å². The number of carbonyl (C=O) groups is 1. The number of carbonyl (C=O) groups excluding carboxylic acids is 1. The highest BCUT2D eigenvalue weighted by Crippen LogP contribution is 2.67. The van der Waals surface area contributed by atoms with Crippen LogP contribution in [0.25, 0.3) is 0 Å². The summed E-state index contributed by atoms with van der Waals surface area (Å²) in [4.78, 5) is 19.1. The van der Waals surface area contributed by atoms with Gasteiger partial charge in [-0.2, -0.15) is 0 Å². The highest BCUT2D eigenvalue weighted by molar-refractivity contribution is 7.15. The smallest absolute Gasteiger partial charge is 0.183 e. The summed E-state index contributed by atoms with van der Waals surface area (Å²) in [7, 11) is 0. The van der Waals surface area contributed by atoms with Gasteiger partial charge in [0.15, 0.2) is 5.13 Å². The normalized spacial score (nSPS) is 42.7. The number of fused-ring (bicyclic) bond motifs is 7. The summed E-state index contributed by atoms with van der Waals surface area (Å²) in [5.74, 6) is 3.43. The molecule has 1 unspecified atom stereocenters. The third kappa shape index (κ3) is 2.44. The van der Waals surface area contributed by atoms with Gasteiger partial charge in [0, 0.05) is 29.2 Å². The fourth-order valence-corrected chi connectivity index (χ4v) is 8.77. The van der Waals surface area contributed by atoms with Crippen LogP contribution in [0.15, 0.2) is 12.7 Å². The van der Waals surface area contributed by atoms with Crippen molar-refractivity contribution in [2.24, 2.45) is 28.6 Å². The van der Waals surface area contributed by atoms with E-state index in [1.54, 1.807) is 4.88 Å². The molecule has 5 rings (SSSR count). The molecule has 0 saturated heterocycles. The Labute approximate surface area is 167 Å². The number of nitrogens with one attached hydrogen (secondary N) is 1. The van der Waals surface area contributed by atoms with Gasteiger partial charge >= 0.3 is 0 Å². The van der Waals surface area contributed by atoms with Gasteiger partial charge in [0.2, 0.25) is 0 Å². The van der Waals surface area contributed by atoms with E-state index in [4.69, 9.17) is 4.98 Å². The number of aryl methyl sites for hydroxylation is 1. The molecule has 4 aliphatic rings. The number of ketones is 1. The standard InChI is InChI=1S/C23H32N2OS/c1-4-13-24-21-25-18-10-12-22(2)16-9-11-23(3)15(7-8-19(23)26)14(16)5-6-17(22)20(18)27-21/h4,14-17H,1,5-13H2,2-3H3,(H,24,25)/t14-,15-,16-,17?,22+,23-/m0/s1. The van der Waals surface area contributed by atoms with E-state index in [1.165, 1.54) is 31.4 Å². The molecule has 0 aromatic carbocycles. The molecular formula is C23H32N2OS. The summed E-state index contributed by atoms with van der Waals surface area (Å²) in [6, 6.07) is 0. The number of thiazole rings is 1. The first-order valence-electron chi connectivity index (χ1n) is 10.8. The van der Waals surface area contributed by atoms with Crippen LogP contribution >= 0.6 is 11.3 Å². The Balaban J connectivity index is 1.45. The van der Waals surface area contributed by atoms with Crippen LogP contribution in [0.4, 0.5) is 5.13 Å². The second-order valence-electron chi connectivity index (χ2n) is 9.93. The van der Waals surface area contributed by atoms with Crippen molar-refractivity contribution in [2.45, 2.75) is 71.1 Å². The Kier molecular flexibility index (Phi) is 4.09. The van der Waals surface area contributed by atoms with Crippen LogP contribution in [0.5, 0.6) is 0 Å². The lowest BCUT2D eigenvalue weighted by molar-refractivity contribution is -0.134. The SMILES string of the molecule is C=CCNc1nc2c(s1)C1CC[C@@H]3[C@H](CC[C@]4(C)C(=O)CC[C@@H]34)[C@@]1(C)CC2. The molecule has 1 aromatic heterocycles. The summed E-state index contributed by atoms with van der Waals surface area (Å²) in [6.07, 6.45) is 11.3. The van der Waals surface area contributed by atoms with Gasteiger partial charge in [-0.1, -0.05) is 19.9 Å². The molecule has 146 valence electrons. The average Bonchev–Trinajstić information content (AvgIpc) is 3.20. The molecule has 0 bridgehead atoms. The number of nitrogens with zero attached hydrogens (tertiary/aromatic N) is 1. The summed E-state index contributed by atoms with van der Waals surface area (Å²) in [5, 5.41) is 4.48. The van der Waals surface area contributed by atoms with E-state index >= 15 is 0 Å². The van der Waals surface area contributed by atoms with Gasteiger partial charge in [0.05, 0.1) is 5.69 Å². The minimum atomic E-state index is -0.00352. The van der Waals surface area contributed by atoms with Crippen molar-refractivity contribution in [3.05, 3.63) is 23.2 Å². The maximum absolute atomic E-state index is 12.6. The molecule has 1 N–H and O–H groups in total. The van der Waals surface area contributed by atoms with Gasteiger partial charge in [-0.3, -0.25) is 4.79 Å². The van der Waals surface area contributed by atoms with Crippen LogP contribution in [0.3, 0.4) is 0 Å². The molecule has 4 heteroatoms. The minimum absolute atomic E-state index is 0.00352. The number of Topliss-reactive ketones (excluding diaryl/α,β-unsaturated/α-hetero) is 1. The Hall–Kier alpha value is -1.16. The minimum Gasteiger partial charge on any atom is -0.358 e. The number of anilines is 1. The van der Waals surface area contributed by atoms with E-state index < -0.39 is 0 Å². The maximum Gasteiger partial charge on any atom is 0.183 e. The van der Waals surface area contributed by atoms with Gasteiger partial charge in [-0.25, -0.2) is 4.98 Å². The lowest BCUT2D eigenvalue weighted by Gasteiger charge is -2.59.